The van der Waals surface area contributed by atoms with Gasteiger partial charge >= 0.3 is 6.09 Å². The van der Waals surface area contributed by atoms with E-state index >= 15 is 4.39 Å². The Morgan fingerprint density at radius 1 is 1.11 bits per heavy atom. The molecule has 2 atom stereocenters. The molecule has 2 aliphatic rings. The minimum atomic E-state index is -0.673. The predicted octanol–water partition coefficient (Wildman–Crippen LogP) is 5.45. The first-order valence-corrected chi connectivity index (χ1v) is 15.6. The SMILES string of the molecule is Cn1ccc([C@@H]2CCN(C(=O)OC(C)(C)C)C[C@H]2C(=O)N(Cc2cn(Cc3cccnc3)c3cccc(F)c23)C2CC2)cc1=O. The maximum absolute atomic E-state index is 15.4. The van der Waals surface area contributed by atoms with Crippen molar-refractivity contribution in [1.82, 2.24) is 23.9 Å². The maximum Gasteiger partial charge on any atom is 0.410 e. The molecular formula is C35H40FN5O4. The number of fused-ring (bicyclic) bond motifs is 1. The third-order valence-corrected chi connectivity index (χ3v) is 8.76. The number of hydrogen-bond acceptors (Lipinski definition) is 5. The Kier molecular flexibility index (Phi) is 8.24. The Labute approximate surface area is 262 Å². The number of piperidine rings is 1. The van der Waals surface area contributed by atoms with Crippen LogP contribution in [-0.4, -0.2) is 60.7 Å². The van der Waals surface area contributed by atoms with Gasteiger partial charge in [0.2, 0.25) is 5.91 Å². The smallest absolute Gasteiger partial charge is 0.410 e. The zero-order valence-electron chi connectivity index (χ0n) is 26.3. The van der Waals surface area contributed by atoms with Gasteiger partial charge in [-0.05, 0) is 86.9 Å². The zero-order valence-corrected chi connectivity index (χ0v) is 26.3. The molecule has 0 bridgehead atoms. The molecule has 0 radical (unpaired) electrons. The first-order chi connectivity index (χ1) is 21.5. The molecule has 4 heterocycles. The fraction of sp³-hybridized carbons (Fsp3) is 0.429. The van der Waals surface area contributed by atoms with Gasteiger partial charge in [0, 0.05) is 75.5 Å². The van der Waals surface area contributed by atoms with Gasteiger partial charge in [0.25, 0.3) is 5.56 Å². The summed E-state index contributed by atoms with van der Waals surface area (Å²) in [7, 11) is 1.69. The number of carbonyl (C=O) groups excluding carboxylic acids is 2. The lowest BCUT2D eigenvalue weighted by atomic mass is 9.79. The van der Waals surface area contributed by atoms with E-state index in [2.05, 4.69) is 4.98 Å². The molecule has 2 fully saturated rings. The molecule has 3 aromatic heterocycles. The number of amides is 2. The molecule has 6 rings (SSSR count). The molecule has 0 unspecified atom stereocenters. The lowest BCUT2D eigenvalue weighted by molar-refractivity contribution is -0.139. The molecule has 10 heteroatoms. The lowest BCUT2D eigenvalue weighted by Gasteiger charge is -2.40. The standard InChI is InChI=1S/C35H40FN5O4/c1-35(2,3)45-34(44)39-16-13-27(24-12-15-38(4)31(42)17-24)28(22-39)33(43)41(26-10-11-26)21-25-20-40(19-23-7-6-14-37-18-23)30-9-5-8-29(36)32(25)30/h5-9,12,14-15,17-18,20,26-28H,10-11,13,16,19,21-22H2,1-4H3/t27-,28+/m0/s1. The molecule has 1 aliphatic carbocycles. The normalized spacial score (nSPS) is 18.6. The van der Waals surface area contributed by atoms with Crippen molar-refractivity contribution in [2.24, 2.45) is 13.0 Å². The van der Waals surface area contributed by atoms with Crippen molar-refractivity contribution in [3.05, 3.63) is 100 Å². The largest absolute Gasteiger partial charge is 0.444 e. The number of rotatable bonds is 7. The topological polar surface area (TPSA) is 89.7 Å². The number of benzene rings is 1. The number of nitrogens with zero attached hydrogens (tertiary/aromatic N) is 5. The summed E-state index contributed by atoms with van der Waals surface area (Å²) in [4.78, 5) is 48.1. The fourth-order valence-electron chi connectivity index (χ4n) is 6.39. The summed E-state index contributed by atoms with van der Waals surface area (Å²) < 4.78 is 24.6. The number of halogens is 1. The van der Waals surface area contributed by atoms with Crippen LogP contribution in [0.3, 0.4) is 0 Å². The van der Waals surface area contributed by atoms with Gasteiger partial charge < -0.3 is 23.7 Å². The van der Waals surface area contributed by atoms with E-state index in [-0.39, 0.29) is 42.3 Å². The van der Waals surface area contributed by atoms with Gasteiger partial charge in [0.1, 0.15) is 11.4 Å². The molecule has 2 amide bonds. The molecule has 4 aromatic rings. The number of carbonyl (C=O) groups is 2. The van der Waals surface area contributed by atoms with Crippen molar-refractivity contribution in [2.75, 3.05) is 13.1 Å². The molecule has 0 spiro atoms. The van der Waals surface area contributed by atoms with Gasteiger partial charge in [0.05, 0.1) is 11.4 Å². The van der Waals surface area contributed by atoms with E-state index in [4.69, 9.17) is 4.74 Å². The number of hydrogen-bond donors (Lipinski definition) is 0. The summed E-state index contributed by atoms with van der Waals surface area (Å²) in [6.45, 7) is 6.80. The van der Waals surface area contributed by atoms with Gasteiger partial charge in [0.15, 0.2) is 0 Å². The van der Waals surface area contributed by atoms with Gasteiger partial charge in [-0.1, -0.05) is 12.1 Å². The summed E-state index contributed by atoms with van der Waals surface area (Å²) in [5, 5.41) is 0.502. The molecule has 1 aromatic carbocycles. The minimum absolute atomic E-state index is 0.0298. The quantitative estimate of drug-likeness (QED) is 0.277. The van der Waals surface area contributed by atoms with Crippen molar-refractivity contribution < 1.29 is 18.7 Å². The van der Waals surface area contributed by atoms with Gasteiger partial charge in [-0.2, -0.15) is 0 Å². The van der Waals surface area contributed by atoms with Crippen LogP contribution in [0.1, 0.15) is 62.6 Å². The van der Waals surface area contributed by atoms with Gasteiger partial charge in [-0.3, -0.25) is 14.6 Å². The third-order valence-electron chi connectivity index (χ3n) is 8.76. The number of aromatic nitrogens is 3. The van der Waals surface area contributed by atoms with Crippen molar-refractivity contribution in [2.45, 2.75) is 70.7 Å². The van der Waals surface area contributed by atoms with Crippen LogP contribution in [0.2, 0.25) is 0 Å². The number of pyridine rings is 2. The van der Waals surface area contributed by atoms with Crippen molar-refractivity contribution in [1.29, 1.82) is 0 Å². The summed E-state index contributed by atoms with van der Waals surface area (Å²) >= 11 is 0. The highest BCUT2D eigenvalue weighted by molar-refractivity contribution is 5.86. The van der Waals surface area contributed by atoms with Gasteiger partial charge in [-0.25, -0.2) is 9.18 Å². The second-order valence-electron chi connectivity index (χ2n) is 13.3. The van der Waals surface area contributed by atoms with Crippen LogP contribution in [0.15, 0.2) is 72.0 Å². The van der Waals surface area contributed by atoms with Crippen LogP contribution in [-0.2, 0) is 29.7 Å². The molecule has 45 heavy (non-hydrogen) atoms. The van der Waals surface area contributed by atoms with Crippen LogP contribution in [0.5, 0.6) is 0 Å². The van der Waals surface area contributed by atoms with E-state index in [0.717, 1.165) is 35.0 Å². The van der Waals surface area contributed by atoms with Crippen LogP contribution < -0.4 is 5.56 Å². The second kappa shape index (κ2) is 12.1. The Morgan fingerprint density at radius 3 is 2.60 bits per heavy atom. The summed E-state index contributed by atoms with van der Waals surface area (Å²) in [5.41, 5.74) is 2.44. The van der Waals surface area contributed by atoms with E-state index in [1.165, 1.54) is 10.6 Å². The number of ether oxygens (including phenoxy) is 1. The Bertz CT molecular complexity index is 1770. The highest BCUT2D eigenvalue weighted by Crippen LogP contribution is 2.39. The van der Waals surface area contributed by atoms with Crippen LogP contribution in [0.25, 0.3) is 10.9 Å². The van der Waals surface area contributed by atoms with Crippen molar-refractivity contribution in [3.63, 3.8) is 0 Å². The summed E-state index contributed by atoms with van der Waals surface area (Å²) in [6, 6.07) is 12.4. The Balaban J connectivity index is 1.34. The Morgan fingerprint density at radius 2 is 1.91 bits per heavy atom. The van der Waals surface area contributed by atoms with Crippen LogP contribution in [0.4, 0.5) is 9.18 Å². The number of aryl methyl sites for hydroxylation is 1. The van der Waals surface area contributed by atoms with E-state index in [9.17, 15) is 14.4 Å². The van der Waals surface area contributed by atoms with Gasteiger partial charge in [-0.15, -0.1) is 0 Å². The third kappa shape index (κ3) is 6.65. The first-order valence-electron chi connectivity index (χ1n) is 15.6. The van der Waals surface area contributed by atoms with Crippen LogP contribution in [0, 0.1) is 11.7 Å². The average Bonchev–Trinajstić information content (AvgIpc) is 3.79. The molecule has 1 saturated heterocycles. The summed E-state index contributed by atoms with van der Waals surface area (Å²) in [6.07, 6.45) is 8.96. The van der Waals surface area contributed by atoms with Crippen molar-refractivity contribution >= 4 is 22.9 Å². The molecule has 0 N–H and O–H groups in total. The predicted molar refractivity (Wildman–Crippen MR) is 169 cm³/mol. The van der Waals surface area contributed by atoms with E-state index in [1.807, 2.05) is 60.7 Å². The lowest BCUT2D eigenvalue weighted by Crippen LogP contribution is -2.51. The number of likely N-dealkylation sites (tertiary alicyclic amines) is 1. The van der Waals surface area contributed by atoms with Crippen LogP contribution >= 0.6 is 0 Å². The molecule has 1 aliphatic heterocycles. The average molecular weight is 614 g/mol. The van der Waals surface area contributed by atoms with E-state index in [0.29, 0.717) is 24.9 Å². The first kappa shape index (κ1) is 30.6. The fourth-order valence-corrected chi connectivity index (χ4v) is 6.39. The van der Waals surface area contributed by atoms with Crippen molar-refractivity contribution in [3.8, 4) is 0 Å². The zero-order chi connectivity index (χ0) is 31.9. The maximum atomic E-state index is 15.4. The molecular weight excluding hydrogens is 573 g/mol. The molecule has 1 saturated carbocycles. The monoisotopic (exact) mass is 613 g/mol. The Hall–Kier alpha value is -4.47. The molecule has 9 nitrogen and oxygen atoms in total. The van der Waals surface area contributed by atoms with E-state index in [1.54, 1.807) is 42.7 Å². The molecule has 236 valence electrons. The highest BCUT2D eigenvalue weighted by atomic mass is 19.1. The summed E-state index contributed by atoms with van der Waals surface area (Å²) in [5.74, 6) is -1.27. The van der Waals surface area contributed by atoms with E-state index < -0.39 is 17.6 Å². The highest BCUT2D eigenvalue weighted by Gasteiger charge is 2.43. The second-order valence-corrected chi connectivity index (χ2v) is 13.3. The minimum Gasteiger partial charge on any atom is -0.444 e.